The molecule has 37 heavy (non-hydrogen) atoms. The number of rotatable bonds is 6. The molecule has 4 aromatic rings. The van der Waals surface area contributed by atoms with Crippen molar-refractivity contribution in [1.29, 1.82) is 0 Å². The first-order valence-corrected chi connectivity index (χ1v) is 11.5. The van der Waals surface area contributed by atoms with E-state index >= 15 is 0 Å². The molecule has 7 rings (SSSR count). The fraction of sp³-hybridized carbons (Fsp3) is 0.280. The minimum Gasteiger partial charge on any atom is -0.493 e. The number of halogens is 1. The van der Waals surface area contributed by atoms with Gasteiger partial charge >= 0.3 is 6.09 Å². The molecule has 0 spiro atoms. The smallest absolute Gasteiger partial charge is 0.405 e. The lowest BCUT2D eigenvalue weighted by Crippen LogP contribution is -2.77. The Kier molecular flexibility index (Phi) is 4.90. The molecule has 3 heterocycles. The maximum absolute atomic E-state index is 14.7. The lowest BCUT2D eigenvalue weighted by atomic mass is 9.39. The van der Waals surface area contributed by atoms with Crippen LogP contribution in [0.5, 0.6) is 5.75 Å². The minimum absolute atomic E-state index is 0.192. The number of aromatic nitrogens is 5. The molecule has 2 amide bonds. The number of ether oxygens (including phenoxy) is 1. The fourth-order valence-electron chi connectivity index (χ4n) is 5.55. The first-order valence-electron chi connectivity index (χ1n) is 11.5. The molecule has 2 bridgehead atoms. The number of hydrogen-bond donors (Lipinski definition) is 3. The van der Waals surface area contributed by atoms with E-state index in [4.69, 9.17) is 9.84 Å². The summed E-state index contributed by atoms with van der Waals surface area (Å²) >= 11 is 0. The van der Waals surface area contributed by atoms with Gasteiger partial charge in [-0.2, -0.15) is 5.10 Å². The average molecular weight is 503 g/mol. The monoisotopic (exact) mass is 503 g/mol. The zero-order chi connectivity index (χ0) is 25.9. The van der Waals surface area contributed by atoms with Gasteiger partial charge in [-0.3, -0.25) is 9.48 Å². The number of carbonyl (C=O) groups excluding carboxylic acids is 1. The summed E-state index contributed by atoms with van der Waals surface area (Å²) in [5.74, 6) is -0.163. The molecule has 0 aliphatic heterocycles. The number of carboxylic acid groups (broad SMARTS) is 1. The van der Waals surface area contributed by atoms with E-state index in [0.29, 0.717) is 58.6 Å². The summed E-state index contributed by atoms with van der Waals surface area (Å²) < 4.78 is 21.7. The quantitative estimate of drug-likeness (QED) is 0.363. The lowest BCUT2D eigenvalue weighted by molar-refractivity contribution is -0.173. The highest BCUT2D eigenvalue weighted by molar-refractivity contribution is 6.01. The van der Waals surface area contributed by atoms with Gasteiger partial charge in [-0.15, -0.1) is 0 Å². The van der Waals surface area contributed by atoms with E-state index in [-0.39, 0.29) is 11.7 Å². The van der Waals surface area contributed by atoms with E-state index < -0.39 is 22.9 Å². The minimum atomic E-state index is -1.09. The number of pyridine rings is 1. The molecule has 3 aliphatic carbocycles. The average Bonchev–Trinajstić information content (AvgIpc) is 3.20. The molecule has 0 atom stereocenters. The van der Waals surface area contributed by atoms with Gasteiger partial charge in [0.2, 0.25) is 5.91 Å². The van der Waals surface area contributed by atoms with Crippen LogP contribution in [0.15, 0.2) is 42.9 Å². The maximum atomic E-state index is 14.7. The summed E-state index contributed by atoms with van der Waals surface area (Å²) in [4.78, 5) is 37.6. The second-order valence-electron chi connectivity index (χ2n) is 9.65. The molecule has 0 unspecified atom stereocenters. The Hall–Kier alpha value is -4.61. The zero-order valence-electron chi connectivity index (χ0n) is 19.9. The van der Waals surface area contributed by atoms with Gasteiger partial charge in [-0.1, -0.05) is 12.1 Å². The SMILES string of the molecule is COc1cc2ncnc(-c3cn(C)nc3-c3ccccc3F)c2nc1NC(=O)C12CC(NC(=O)O)(C1)C2. The number of nitrogens with one attached hydrogen (secondary N) is 2. The first-order chi connectivity index (χ1) is 17.7. The molecule has 3 N–H and O–H groups in total. The second kappa shape index (κ2) is 7.95. The summed E-state index contributed by atoms with van der Waals surface area (Å²) in [5, 5.41) is 18.8. The Morgan fingerprint density at radius 3 is 2.59 bits per heavy atom. The predicted octanol–water partition coefficient (Wildman–Crippen LogP) is 3.37. The normalized spacial score (nSPS) is 21.6. The number of anilines is 1. The number of fused-ring (bicyclic) bond motifs is 1. The Balaban J connectivity index is 1.39. The number of nitrogens with zero attached hydrogens (tertiary/aromatic N) is 5. The van der Waals surface area contributed by atoms with Gasteiger partial charge in [0, 0.05) is 36.0 Å². The summed E-state index contributed by atoms with van der Waals surface area (Å²) in [7, 11) is 3.19. The summed E-state index contributed by atoms with van der Waals surface area (Å²) in [6, 6.07) is 7.99. The molecule has 0 radical (unpaired) electrons. The van der Waals surface area contributed by atoms with E-state index in [2.05, 4.69) is 30.7 Å². The molecule has 3 aliphatic rings. The molecule has 3 fully saturated rings. The standard InChI is InChI=1S/C25H22FN7O4/c1-33-8-14(18(32-33)13-5-3-4-6-15(13)26)19-20-16(27-12-28-19)7-17(37-2)21(29-20)30-22(34)24-9-25(10-24,11-24)31-23(35)36/h3-8,12,31H,9-11H2,1-2H3,(H,35,36)(H,29,30,34). The third-order valence-corrected chi connectivity index (χ3v) is 7.12. The van der Waals surface area contributed by atoms with Gasteiger partial charge in [0.05, 0.1) is 18.0 Å². The van der Waals surface area contributed by atoms with Crippen molar-refractivity contribution in [1.82, 2.24) is 30.0 Å². The van der Waals surface area contributed by atoms with Gasteiger partial charge < -0.3 is 20.5 Å². The largest absolute Gasteiger partial charge is 0.493 e. The van der Waals surface area contributed by atoms with Crippen molar-refractivity contribution in [2.24, 2.45) is 12.5 Å². The molecule has 12 heteroatoms. The van der Waals surface area contributed by atoms with Crippen LogP contribution >= 0.6 is 0 Å². The van der Waals surface area contributed by atoms with Crippen molar-refractivity contribution in [2.75, 3.05) is 12.4 Å². The van der Waals surface area contributed by atoms with Gasteiger partial charge in [0.25, 0.3) is 0 Å². The van der Waals surface area contributed by atoms with Crippen LogP contribution in [0.2, 0.25) is 0 Å². The van der Waals surface area contributed by atoms with E-state index in [1.807, 2.05) is 0 Å². The number of hydrogen-bond acceptors (Lipinski definition) is 7. The third-order valence-electron chi connectivity index (χ3n) is 7.12. The summed E-state index contributed by atoms with van der Waals surface area (Å²) in [6.45, 7) is 0. The molecule has 1 aromatic carbocycles. The zero-order valence-corrected chi connectivity index (χ0v) is 19.9. The molecule has 11 nitrogen and oxygen atoms in total. The topological polar surface area (TPSA) is 144 Å². The van der Waals surface area contributed by atoms with E-state index in [1.165, 1.54) is 19.5 Å². The summed E-state index contributed by atoms with van der Waals surface area (Å²) in [6.07, 6.45) is 3.32. The highest BCUT2D eigenvalue weighted by Gasteiger charge is 2.72. The number of aryl methyl sites for hydroxylation is 1. The fourth-order valence-corrected chi connectivity index (χ4v) is 5.55. The van der Waals surface area contributed by atoms with Crippen LogP contribution in [0.1, 0.15) is 19.3 Å². The van der Waals surface area contributed by atoms with Gasteiger partial charge in [0.15, 0.2) is 11.6 Å². The number of benzene rings is 1. The van der Waals surface area contributed by atoms with E-state index in [9.17, 15) is 14.0 Å². The maximum Gasteiger partial charge on any atom is 0.405 e. The lowest BCUT2D eigenvalue weighted by Gasteiger charge is -2.68. The van der Waals surface area contributed by atoms with Crippen LogP contribution < -0.4 is 15.4 Å². The van der Waals surface area contributed by atoms with E-state index in [0.717, 1.165) is 0 Å². The summed E-state index contributed by atoms with van der Waals surface area (Å²) in [5.41, 5.74) is 1.38. The van der Waals surface area contributed by atoms with Gasteiger partial charge in [-0.25, -0.2) is 24.1 Å². The first kappa shape index (κ1) is 22.8. The molecular weight excluding hydrogens is 481 g/mol. The highest BCUT2D eigenvalue weighted by Crippen LogP contribution is 2.67. The van der Waals surface area contributed by atoms with Crippen LogP contribution in [0.4, 0.5) is 15.0 Å². The van der Waals surface area contributed by atoms with Crippen molar-refractivity contribution >= 4 is 28.9 Å². The predicted molar refractivity (Wildman–Crippen MR) is 130 cm³/mol. The molecule has 188 valence electrons. The van der Waals surface area contributed by atoms with Crippen molar-refractivity contribution in [3.63, 3.8) is 0 Å². The number of carbonyl (C=O) groups is 2. The van der Waals surface area contributed by atoms with Crippen LogP contribution in [-0.4, -0.2) is 54.5 Å². The van der Waals surface area contributed by atoms with E-state index in [1.54, 1.807) is 42.2 Å². The third kappa shape index (κ3) is 3.55. The highest BCUT2D eigenvalue weighted by atomic mass is 19.1. The van der Waals surface area contributed by atoms with Crippen LogP contribution in [0.25, 0.3) is 33.5 Å². The molecule has 3 saturated carbocycles. The van der Waals surface area contributed by atoms with Crippen molar-refractivity contribution in [3.8, 4) is 28.3 Å². The molecule has 3 aromatic heterocycles. The Morgan fingerprint density at radius 1 is 1.14 bits per heavy atom. The molecule has 0 saturated heterocycles. The van der Waals surface area contributed by atoms with Crippen LogP contribution in [0.3, 0.4) is 0 Å². The van der Waals surface area contributed by atoms with Crippen molar-refractivity contribution in [3.05, 3.63) is 48.7 Å². The van der Waals surface area contributed by atoms with Gasteiger partial charge in [-0.05, 0) is 31.4 Å². The van der Waals surface area contributed by atoms with Gasteiger partial charge in [0.1, 0.15) is 29.0 Å². The Morgan fingerprint density at radius 2 is 1.89 bits per heavy atom. The Bertz CT molecular complexity index is 1580. The van der Waals surface area contributed by atoms with Crippen molar-refractivity contribution in [2.45, 2.75) is 24.8 Å². The van der Waals surface area contributed by atoms with Crippen LogP contribution in [-0.2, 0) is 11.8 Å². The molecular formula is C25H22FN7O4. The van der Waals surface area contributed by atoms with Crippen LogP contribution in [0, 0.1) is 11.2 Å². The van der Waals surface area contributed by atoms with Crippen molar-refractivity contribution < 1.29 is 23.8 Å². The number of methoxy groups -OCH3 is 1. The second-order valence-corrected chi connectivity index (χ2v) is 9.65. The number of amides is 2. The Labute approximate surface area is 209 Å².